The van der Waals surface area contributed by atoms with E-state index in [0.29, 0.717) is 12.1 Å². The van der Waals surface area contributed by atoms with Gasteiger partial charge in [-0.15, -0.1) is 0 Å². The normalized spacial score (nSPS) is 10.4. The second kappa shape index (κ2) is 7.46. The predicted octanol–water partition coefficient (Wildman–Crippen LogP) is 2.47. The number of unbranched alkanes of at least 4 members (excludes halogenated alkanes) is 2. The van der Waals surface area contributed by atoms with Crippen molar-refractivity contribution >= 4 is 34.8 Å². The molecule has 0 saturated carbocycles. The van der Waals surface area contributed by atoms with Crippen LogP contribution in [0.1, 0.15) is 29.6 Å². The van der Waals surface area contributed by atoms with Gasteiger partial charge in [0.15, 0.2) is 0 Å². The molecule has 0 heterocycles. The lowest BCUT2D eigenvalue weighted by molar-refractivity contribution is 0.0953. The number of aliphatic hydroxyl groups excluding tert-OH is 1. The van der Waals surface area contributed by atoms with Gasteiger partial charge in [-0.1, -0.05) is 23.2 Å². The van der Waals surface area contributed by atoms with Crippen LogP contribution in [0.4, 0.5) is 5.69 Å². The Bertz CT molecular complexity index is 402. The zero-order valence-electron chi connectivity index (χ0n) is 9.88. The lowest BCUT2D eigenvalue weighted by Crippen LogP contribution is -2.24. The molecule has 0 saturated heterocycles. The third-order valence-electron chi connectivity index (χ3n) is 2.44. The molecule has 0 aliphatic rings. The van der Waals surface area contributed by atoms with Crippen molar-refractivity contribution in [2.45, 2.75) is 19.3 Å². The quantitative estimate of drug-likeness (QED) is 0.556. The number of anilines is 1. The molecule has 1 rings (SSSR count). The first-order valence-electron chi connectivity index (χ1n) is 5.70. The van der Waals surface area contributed by atoms with Crippen molar-refractivity contribution in [1.82, 2.24) is 5.32 Å². The summed E-state index contributed by atoms with van der Waals surface area (Å²) in [5.41, 5.74) is 6.31. The molecule has 6 heteroatoms. The smallest absolute Gasteiger partial charge is 0.251 e. The van der Waals surface area contributed by atoms with Crippen molar-refractivity contribution in [3.63, 3.8) is 0 Å². The minimum absolute atomic E-state index is 0.178. The molecule has 0 aromatic heterocycles. The number of nitrogens with two attached hydrogens (primary N) is 1. The van der Waals surface area contributed by atoms with Crippen LogP contribution >= 0.6 is 23.2 Å². The third kappa shape index (κ3) is 4.37. The minimum Gasteiger partial charge on any atom is -0.397 e. The molecule has 1 amide bonds. The average Bonchev–Trinajstić information content (AvgIpc) is 2.34. The lowest BCUT2D eigenvalue weighted by atomic mass is 10.2. The molecule has 0 aliphatic heterocycles. The molecule has 4 N–H and O–H groups in total. The summed E-state index contributed by atoms with van der Waals surface area (Å²) in [6, 6.07) is 2.99. The van der Waals surface area contributed by atoms with Gasteiger partial charge in [-0.05, 0) is 31.4 Å². The second-order valence-corrected chi connectivity index (χ2v) is 4.69. The molecule has 0 bridgehead atoms. The molecule has 1 aromatic carbocycles. The van der Waals surface area contributed by atoms with Gasteiger partial charge in [0.1, 0.15) is 0 Å². The number of nitrogens with one attached hydrogen (secondary N) is 1. The van der Waals surface area contributed by atoms with E-state index in [0.717, 1.165) is 19.3 Å². The summed E-state index contributed by atoms with van der Waals surface area (Å²) in [6.07, 6.45) is 2.44. The largest absolute Gasteiger partial charge is 0.397 e. The fourth-order valence-corrected chi connectivity index (χ4v) is 1.79. The van der Waals surface area contributed by atoms with Gasteiger partial charge in [0.2, 0.25) is 0 Å². The summed E-state index contributed by atoms with van der Waals surface area (Å²) in [5, 5.41) is 11.9. The van der Waals surface area contributed by atoms with Crippen LogP contribution in [0.15, 0.2) is 12.1 Å². The zero-order valence-corrected chi connectivity index (χ0v) is 11.4. The van der Waals surface area contributed by atoms with E-state index in [1.165, 1.54) is 12.1 Å². The molecule has 0 spiro atoms. The van der Waals surface area contributed by atoms with Crippen molar-refractivity contribution in [2.24, 2.45) is 0 Å². The van der Waals surface area contributed by atoms with E-state index in [1.807, 2.05) is 0 Å². The van der Waals surface area contributed by atoms with Gasteiger partial charge in [-0.25, -0.2) is 0 Å². The highest BCUT2D eigenvalue weighted by atomic mass is 35.5. The maximum atomic E-state index is 11.8. The van der Waals surface area contributed by atoms with Gasteiger partial charge in [0.25, 0.3) is 5.91 Å². The maximum Gasteiger partial charge on any atom is 0.251 e. The molecular formula is C12H16Cl2N2O2. The van der Waals surface area contributed by atoms with Crippen molar-refractivity contribution in [1.29, 1.82) is 0 Å². The van der Waals surface area contributed by atoms with Gasteiger partial charge < -0.3 is 16.2 Å². The molecule has 0 unspecified atom stereocenters. The fraction of sp³-hybridized carbons (Fsp3) is 0.417. The first-order valence-corrected chi connectivity index (χ1v) is 6.45. The molecule has 0 fully saturated rings. The van der Waals surface area contributed by atoms with Crippen molar-refractivity contribution in [3.8, 4) is 0 Å². The topological polar surface area (TPSA) is 75.4 Å². The van der Waals surface area contributed by atoms with E-state index in [4.69, 9.17) is 34.0 Å². The number of carbonyl (C=O) groups excluding carboxylic acids is 1. The standard InChI is InChI=1S/C12H16Cl2N2O2/c13-9-6-8(7-10(15)11(9)14)12(18)16-4-2-1-3-5-17/h6-7,17H,1-5,15H2,(H,16,18). The first-order chi connectivity index (χ1) is 8.56. The van der Waals surface area contributed by atoms with Crippen LogP contribution in [0, 0.1) is 0 Å². The highest BCUT2D eigenvalue weighted by Crippen LogP contribution is 2.29. The SMILES string of the molecule is Nc1cc(C(=O)NCCCCCO)cc(Cl)c1Cl. The monoisotopic (exact) mass is 290 g/mol. The number of aliphatic hydroxyl groups is 1. The van der Waals surface area contributed by atoms with Crippen molar-refractivity contribution in [3.05, 3.63) is 27.7 Å². The summed E-state index contributed by atoms with van der Waals surface area (Å²) < 4.78 is 0. The van der Waals surface area contributed by atoms with Gasteiger partial charge in [0.05, 0.1) is 15.7 Å². The second-order valence-electron chi connectivity index (χ2n) is 3.90. The van der Waals surface area contributed by atoms with Crippen molar-refractivity contribution in [2.75, 3.05) is 18.9 Å². The van der Waals surface area contributed by atoms with Gasteiger partial charge in [-0.3, -0.25) is 4.79 Å². The molecule has 0 aliphatic carbocycles. The van der Waals surface area contributed by atoms with E-state index in [2.05, 4.69) is 5.32 Å². The molecular weight excluding hydrogens is 275 g/mol. The molecule has 100 valence electrons. The van der Waals surface area contributed by atoms with Crippen LogP contribution in [0.25, 0.3) is 0 Å². The number of amides is 1. The van der Waals surface area contributed by atoms with Crippen molar-refractivity contribution < 1.29 is 9.90 Å². The number of hydrogen-bond acceptors (Lipinski definition) is 3. The van der Waals surface area contributed by atoms with Crippen LogP contribution < -0.4 is 11.1 Å². The van der Waals surface area contributed by atoms with Gasteiger partial charge in [-0.2, -0.15) is 0 Å². The summed E-state index contributed by atoms with van der Waals surface area (Å²) in [5.74, 6) is -0.232. The number of rotatable bonds is 6. The van der Waals surface area contributed by atoms with Crippen LogP contribution in [0.5, 0.6) is 0 Å². The van der Waals surface area contributed by atoms with E-state index in [9.17, 15) is 4.79 Å². The number of nitrogen functional groups attached to an aromatic ring is 1. The lowest BCUT2D eigenvalue weighted by Gasteiger charge is -2.07. The molecule has 18 heavy (non-hydrogen) atoms. The molecule has 0 radical (unpaired) electrons. The molecule has 1 aromatic rings. The Labute approximate surface area is 116 Å². The fourth-order valence-electron chi connectivity index (χ4n) is 1.46. The van der Waals surface area contributed by atoms with E-state index >= 15 is 0 Å². The molecule has 4 nitrogen and oxygen atoms in total. The highest BCUT2D eigenvalue weighted by Gasteiger charge is 2.10. The zero-order chi connectivity index (χ0) is 13.5. The van der Waals surface area contributed by atoms with Crippen LogP contribution in [-0.4, -0.2) is 24.2 Å². The number of halogens is 2. The summed E-state index contributed by atoms with van der Waals surface area (Å²) >= 11 is 11.6. The van der Waals surface area contributed by atoms with E-state index in [1.54, 1.807) is 0 Å². The number of carbonyl (C=O) groups is 1. The van der Waals surface area contributed by atoms with Gasteiger partial charge >= 0.3 is 0 Å². The minimum atomic E-state index is -0.232. The van der Waals surface area contributed by atoms with Crippen LogP contribution in [-0.2, 0) is 0 Å². The summed E-state index contributed by atoms with van der Waals surface area (Å²) in [6.45, 7) is 0.732. The first kappa shape index (κ1) is 15.1. The van der Waals surface area contributed by atoms with E-state index in [-0.39, 0.29) is 28.2 Å². The maximum absolute atomic E-state index is 11.8. The molecule has 0 atom stereocenters. The summed E-state index contributed by atoms with van der Waals surface area (Å²) in [7, 11) is 0. The third-order valence-corrected chi connectivity index (χ3v) is 3.26. The summed E-state index contributed by atoms with van der Waals surface area (Å²) in [4.78, 5) is 11.8. The predicted molar refractivity (Wildman–Crippen MR) is 74.1 cm³/mol. The van der Waals surface area contributed by atoms with Crippen LogP contribution in [0.2, 0.25) is 10.0 Å². The Morgan fingerprint density at radius 1 is 1.28 bits per heavy atom. The van der Waals surface area contributed by atoms with E-state index < -0.39 is 0 Å². The highest BCUT2D eigenvalue weighted by molar-refractivity contribution is 6.43. The Kier molecular flexibility index (Phi) is 6.25. The average molecular weight is 291 g/mol. The van der Waals surface area contributed by atoms with Crippen LogP contribution in [0.3, 0.4) is 0 Å². The van der Waals surface area contributed by atoms with Gasteiger partial charge in [0, 0.05) is 18.7 Å². The number of benzene rings is 1. The Balaban J connectivity index is 2.52. The Morgan fingerprint density at radius 2 is 2.00 bits per heavy atom. The Hall–Kier alpha value is -0.970. The number of hydrogen-bond donors (Lipinski definition) is 3. The Morgan fingerprint density at radius 3 is 2.61 bits per heavy atom.